The van der Waals surface area contributed by atoms with Crippen LogP contribution in [0.25, 0.3) is 0 Å². The summed E-state index contributed by atoms with van der Waals surface area (Å²) in [6, 6.07) is 19.3. The minimum atomic E-state index is -0.321. The number of amides is 1. The number of rotatable bonds is 6. The fourth-order valence-corrected chi connectivity index (χ4v) is 2.18. The molecule has 128 valence electrons. The van der Waals surface area contributed by atoms with E-state index >= 15 is 0 Å². The van der Waals surface area contributed by atoms with Crippen LogP contribution in [0.5, 0.6) is 17.2 Å². The molecule has 26 heavy (non-hydrogen) atoms. The Morgan fingerprint density at radius 1 is 1.04 bits per heavy atom. The Labute approximate surface area is 150 Å². The molecule has 0 spiro atoms. The van der Waals surface area contributed by atoms with Crippen LogP contribution < -0.4 is 14.8 Å². The van der Waals surface area contributed by atoms with Crippen molar-refractivity contribution < 1.29 is 14.3 Å². The SMILES string of the molecule is N#Cc1cccc(NC(=O)COc2cccc(Oc3cccnc3)c2)c1. The summed E-state index contributed by atoms with van der Waals surface area (Å²) in [6.07, 6.45) is 3.27. The second kappa shape index (κ2) is 8.31. The number of nitrogens with one attached hydrogen (secondary N) is 1. The highest BCUT2D eigenvalue weighted by molar-refractivity contribution is 5.92. The van der Waals surface area contributed by atoms with Gasteiger partial charge in [0, 0.05) is 18.0 Å². The molecule has 6 heteroatoms. The number of carbonyl (C=O) groups excluding carboxylic acids is 1. The molecule has 0 aliphatic carbocycles. The third-order valence-corrected chi connectivity index (χ3v) is 3.32. The third kappa shape index (κ3) is 4.82. The number of anilines is 1. The van der Waals surface area contributed by atoms with Crippen molar-refractivity contribution in [3.8, 4) is 23.3 Å². The predicted octanol–water partition coefficient (Wildman–Crippen LogP) is 3.76. The molecule has 0 atom stereocenters. The zero-order valence-electron chi connectivity index (χ0n) is 13.8. The van der Waals surface area contributed by atoms with E-state index in [1.165, 1.54) is 0 Å². The Morgan fingerprint density at radius 3 is 2.65 bits per heavy atom. The van der Waals surface area contributed by atoms with Crippen LogP contribution in [-0.4, -0.2) is 17.5 Å². The molecular formula is C20H15N3O3. The average molecular weight is 345 g/mol. The van der Waals surface area contributed by atoms with Crippen LogP contribution >= 0.6 is 0 Å². The highest BCUT2D eigenvalue weighted by Gasteiger charge is 2.06. The number of hydrogen-bond acceptors (Lipinski definition) is 5. The van der Waals surface area contributed by atoms with Gasteiger partial charge < -0.3 is 14.8 Å². The number of nitrogens with zero attached hydrogens (tertiary/aromatic N) is 2. The van der Waals surface area contributed by atoms with E-state index in [-0.39, 0.29) is 12.5 Å². The summed E-state index contributed by atoms with van der Waals surface area (Å²) >= 11 is 0. The van der Waals surface area contributed by atoms with Crippen molar-refractivity contribution in [3.63, 3.8) is 0 Å². The Kier molecular flexibility index (Phi) is 5.43. The highest BCUT2D eigenvalue weighted by Crippen LogP contribution is 2.24. The molecule has 1 aromatic heterocycles. The van der Waals surface area contributed by atoms with Gasteiger partial charge in [-0.15, -0.1) is 0 Å². The lowest BCUT2D eigenvalue weighted by atomic mass is 10.2. The molecule has 0 radical (unpaired) electrons. The van der Waals surface area contributed by atoms with Crippen LogP contribution in [0.1, 0.15) is 5.56 Å². The number of ether oxygens (including phenoxy) is 2. The highest BCUT2D eigenvalue weighted by atomic mass is 16.5. The molecule has 1 N–H and O–H groups in total. The Morgan fingerprint density at radius 2 is 1.85 bits per heavy atom. The Balaban J connectivity index is 1.56. The van der Waals surface area contributed by atoms with Crippen LogP contribution in [0.15, 0.2) is 73.1 Å². The first-order chi connectivity index (χ1) is 12.7. The largest absolute Gasteiger partial charge is 0.484 e. The van der Waals surface area contributed by atoms with Gasteiger partial charge in [-0.1, -0.05) is 12.1 Å². The van der Waals surface area contributed by atoms with Crippen LogP contribution in [-0.2, 0) is 4.79 Å². The summed E-state index contributed by atoms with van der Waals surface area (Å²) in [6.45, 7) is -0.160. The lowest BCUT2D eigenvalue weighted by Crippen LogP contribution is -2.20. The molecule has 0 aliphatic heterocycles. The normalized spacial score (nSPS) is 9.81. The van der Waals surface area contributed by atoms with E-state index in [2.05, 4.69) is 10.3 Å². The number of benzene rings is 2. The second-order valence-electron chi connectivity index (χ2n) is 5.30. The van der Waals surface area contributed by atoms with E-state index < -0.39 is 0 Å². The zero-order valence-corrected chi connectivity index (χ0v) is 13.8. The molecule has 6 nitrogen and oxygen atoms in total. The lowest BCUT2D eigenvalue weighted by Gasteiger charge is -2.09. The van der Waals surface area contributed by atoms with Gasteiger partial charge in [0.1, 0.15) is 17.2 Å². The van der Waals surface area contributed by atoms with Crippen molar-refractivity contribution in [2.75, 3.05) is 11.9 Å². The topological polar surface area (TPSA) is 84.2 Å². The predicted molar refractivity (Wildman–Crippen MR) is 96.0 cm³/mol. The van der Waals surface area contributed by atoms with Crippen molar-refractivity contribution in [2.45, 2.75) is 0 Å². The van der Waals surface area contributed by atoms with E-state index in [1.807, 2.05) is 6.07 Å². The molecule has 1 amide bonds. The Hall–Kier alpha value is -3.85. The minimum Gasteiger partial charge on any atom is -0.484 e. The second-order valence-corrected chi connectivity index (χ2v) is 5.30. The van der Waals surface area contributed by atoms with Crippen molar-refractivity contribution in [1.82, 2.24) is 4.98 Å². The summed E-state index contributed by atoms with van der Waals surface area (Å²) in [7, 11) is 0. The Bertz CT molecular complexity index is 936. The fraction of sp³-hybridized carbons (Fsp3) is 0.0500. The van der Waals surface area contributed by atoms with Gasteiger partial charge in [-0.2, -0.15) is 5.26 Å². The summed E-state index contributed by atoms with van der Waals surface area (Å²) in [4.78, 5) is 16.0. The van der Waals surface area contributed by atoms with Crippen molar-refractivity contribution in [1.29, 1.82) is 5.26 Å². The average Bonchev–Trinajstić information content (AvgIpc) is 2.68. The van der Waals surface area contributed by atoms with Gasteiger partial charge in [0.2, 0.25) is 0 Å². The quantitative estimate of drug-likeness (QED) is 0.735. The van der Waals surface area contributed by atoms with Gasteiger partial charge in [0.25, 0.3) is 5.91 Å². The van der Waals surface area contributed by atoms with Gasteiger partial charge in [-0.25, -0.2) is 0 Å². The minimum absolute atomic E-state index is 0.160. The molecule has 0 saturated heterocycles. The number of aromatic nitrogens is 1. The van der Waals surface area contributed by atoms with Gasteiger partial charge in [0.05, 0.1) is 17.8 Å². The maximum absolute atomic E-state index is 12.0. The van der Waals surface area contributed by atoms with Gasteiger partial charge in [-0.3, -0.25) is 9.78 Å². The van der Waals surface area contributed by atoms with Crippen LogP contribution in [0.4, 0.5) is 5.69 Å². The maximum Gasteiger partial charge on any atom is 0.262 e. The summed E-state index contributed by atoms with van der Waals surface area (Å²) in [5.41, 5.74) is 1.02. The van der Waals surface area contributed by atoms with Crippen molar-refractivity contribution in [3.05, 3.63) is 78.6 Å². The van der Waals surface area contributed by atoms with Gasteiger partial charge in [-0.05, 0) is 42.5 Å². The zero-order chi connectivity index (χ0) is 18.2. The number of pyridine rings is 1. The monoisotopic (exact) mass is 345 g/mol. The first-order valence-electron chi connectivity index (χ1n) is 7.84. The van der Waals surface area contributed by atoms with Gasteiger partial charge in [0.15, 0.2) is 6.61 Å². The van der Waals surface area contributed by atoms with E-state index in [1.54, 1.807) is 73.1 Å². The van der Waals surface area contributed by atoms with Crippen molar-refractivity contribution in [2.24, 2.45) is 0 Å². The van der Waals surface area contributed by atoms with Crippen LogP contribution in [0.2, 0.25) is 0 Å². The molecular weight excluding hydrogens is 330 g/mol. The molecule has 0 bridgehead atoms. The summed E-state index contributed by atoms with van der Waals surface area (Å²) in [5, 5.41) is 11.6. The first-order valence-corrected chi connectivity index (χ1v) is 7.84. The number of hydrogen-bond donors (Lipinski definition) is 1. The number of nitriles is 1. The van der Waals surface area contributed by atoms with E-state index in [0.717, 1.165) is 0 Å². The number of carbonyl (C=O) groups is 1. The van der Waals surface area contributed by atoms with E-state index in [4.69, 9.17) is 14.7 Å². The maximum atomic E-state index is 12.0. The van der Waals surface area contributed by atoms with Crippen LogP contribution in [0, 0.1) is 11.3 Å². The summed E-state index contributed by atoms with van der Waals surface area (Å²) in [5.74, 6) is 1.38. The van der Waals surface area contributed by atoms with Gasteiger partial charge >= 0.3 is 0 Å². The standard InChI is InChI=1S/C20H15N3O3/c21-12-15-4-1-5-16(10-15)23-20(24)14-25-17-6-2-7-18(11-17)26-19-8-3-9-22-13-19/h1-11,13H,14H2,(H,23,24). The molecule has 0 aliphatic rings. The first kappa shape index (κ1) is 17.0. The van der Waals surface area contributed by atoms with Crippen LogP contribution in [0.3, 0.4) is 0 Å². The lowest BCUT2D eigenvalue weighted by molar-refractivity contribution is -0.118. The van der Waals surface area contributed by atoms with E-state index in [0.29, 0.717) is 28.5 Å². The molecule has 0 fully saturated rings. The molecule has 1 heterocycles. The summed E-state index contributed by atoms with van der Waals surface area (Å²) < 4.78 is 11.2. The molecule has 2 aromatic carbocycles. The van der Waals surface area contributed by atoms with E-state index in [9.17, 15) is 4.79 Å². The third-order valence-electron chi connectivity index (χ3n) is 3.32. The molecule has 0 saturated carbocycles. The smallest absolute Gasteiger partial charge is 0.262 e. The fourth-order valence-electron chi connectivity index (χ4n) is 2.18. The molecule has 3 rings (SSSR count). The molecule has 3 aromatic rings. The van der Waals surface area contributed by atoms with Crippen molar-refractivity contribution >= 4 is 11.6 Å². The molecule has 0 unspecified atom stereocenters.